The van der Waals surface area contributed by atoms with Gasteiger partial charge in [0.25, 0.3) is 0 Å². The molecule has 1 amide bonds. The lowest BCUT2D eigenvalue weighted by Gasteiger charge is -2.49. The number of nitrogens with zero attached hydrogens (tertiary/aromatic N) is 6. The number of nitriles is 1. The lowest BCUT2D eigenvalue weighted by molar-refractivity contribution is -0.141. The minimum Gasteiger partial charge on any atom is -0.444 e. The molecule has 5 heterocycles. The monoisotopic (exact) mass is 710 g/mol. The zero-order valence-electron chi connectivity index (χ0n) is 26.7. The molecule has 0 saturated carbocycles. The molecule has 3 fully saturated rings. The Hall–Kier alpha value is -3.50. The second kappa shape index (κ2) is 12.4. The molecule has 4 aliphatic rings. The maximum absolute atomic E-state index is 14.2. The average molecular weight is 711 g/mol. The van der Waals surface area contributed by atoms with Gasteiger partial charge in [-0.3, -0.25) is 4.90 Å². The summed E-state index contributed by atoms with van der Waals surface area (Å²) in [6.07, 6.45) is -5.22. The van der Waals surface area contributed by atoms with Gasteiger partial charge >= 0.3 is 27.9 Å². The number of halogens is 6. The van der Waals surface area contributed by atoms with E-state index in [1.165, 1.54) is 17.9 Å². The second-order valence-electron chi connectivity index (χ2n) is 13.2. The van der Waals surface area contributed by atoms with Gasteiger partial charge in [-0.05, 0) is 33.8 Å². The second-order valence-corrected chi connectivity index (χ2v) is 14.8. The van der Waals surface area contributed by atoms with Crippen molar-refractivity contribution in [3.8, 4) is 6.07 Å². The van der Waals surface area contributed by atoms with E-state index in [9.17, 15) is 44.8 Å². The van der Waals surface area contributed by atoms with Crippen molar-refractivity contribution in [3.05, 3.63) is 29.2 Å². The van der Waals surface area contributed by atoms with E-state index in [-0.39, 0.29) is 43.5 Å². The number of piperazine rings is 1. The maximum Gasteiger partial charge on any atom is 0.534 e. The molecule has 1 atom stereocenters. The van der Waals surface area contributed by atoms with Crippen molar-refractivity contribution in [2.45, 2.75) is 75.6 Å². The van der Waals surface area contributed by atoms with Crippen LogP contribution in [0.5, 0.6) is 0 Å². The summed E-state index contributed by atoms with van der Waals surface area (Å²) in [5.74, 6) is -0.615. The molecule has 48 heavy (non-hydrogen) atoms. The Morgan fingerprint density at radius 1 is 1.02 bits per heavy atom. The van der Waals surface area contributed by atoms with Crippen LogP contribution in [0.15, 0.2) is 17.9 Å². The third kappa shape index (κ3) is 7.25. The lowest BCUT2D eigenvalue weighted by atomic mass is 9.90. The topological polar surface area (TPSA) is 129 Å². The maximum atomic E-state index is 14.2. The van der Waals surface area contributed by atoms with Gasteiger partial charge in [-0.25, -0.2) is 9.78 Å². The highest BCUT2D eigenvalue weighted by Gasteiger charge is 2.54. The summed E-state index contributed by atoms with van der Waals surface area (Å²) in [6, 6.07) is 3.02. The summed E-state index contributed by atoms with van der Waals surface area (Å²) < 4.78 is 121. The SMILES string of the molecule is CC1C=C(OS(=O)(=O)C(F)(F)F)C2(CCN(c3cc(N4CC(N5CCN(C(=O)OC(C)(C)C)CC5)C4)c(C#N)c(C(F)(F)F)n3)CC2)O1. The number of piperidine rings is 1. The van der Waals surface area contributed by atoms with Crippen molar-refractivity contribution in [1.29, 1.82) is 5.26 Å². The van der Waals surface area contributed by atoms with E-state index < -0.39 is 62.2 Å². The fourth-order valence-electron chi connectivity index (χ4n) is 6.27. The van der Waals surface area contributed by atoms with Crippen LogP contribution in [0.4, 0.5) is 42.6 Å². The predicted molar refractivity (Wildman–Crippen MR) is 158 cm³/mol. The first-order valence-corrected chi connectivity index (χ1v) is 16.7. The van der Waals surface area contributed by atoms with Crippen LogP contribution in [0.25, 0.3) is 0 Å². The van der Waals surface area contributed by atoms with Crippen LogP contribution in [-0.4, -0.2) is 111 Å². The van der Waals surface area contributed by atoms with Crippen LogP contribution in [-0.2, 0) is 30.0 Å². The third-order valence-corrected chi connectivity index (χ3v) is 9.64. The van der Waals surface area contributed by atoms with Crippen molar-refractivity contribution in [2.24, 2.45) is 0 Å². The third-order valence-electron chi connectivity index (χ3n) is 8.68. The first-order chi connectivity index (χ1) is 22.1. The zero-order valence-corrected chi connectivity index (χ0v) is 27.5. The molecular formula is C29H36F6N6O6S. The minimum absolute atomic E-state index is 0.0298. The standard InChI is InChI=1S/C29H36F6N6O6S/c1-18-13-22(47-48(43,44)29(33,34)35)27(45-18)5-7-39(8-6-27)23-14-21(20(15-36)24(37-23)28(30,31)32)41-16-19(17-41)38-9-11-40(12-10-38)25(42)46-26(2,3)4/h13-14,18-19H,5-12,16-17H2,1-4H3. The molecule has 0 aliphatic carbocycles. The number of amides is 1. The van der Waals surface area contributed by atoms with Crippen LogP contribution in [0.3, 0.4) is 0 Å². The van der Waals surface area contributed by atoms with Gasteiger partial charge in [0.05, 0.1) is 11.8 Å². The number of ether oxygens (including phenoxy) is 2. The number of hydrogen-bond donors (Lipinski definition) is 0. The lowest BCUT2D eigenvalue weighted by Crippen LogP contribution is -2.64. The Morgan fingerprint density at radius 2 is 1.62 bits per heavy atom. The van der Waals surface area contributed by atoms with Gasteiger partial charge < -0.3 is 28.4 Å². The number of carbonyl (C=O) groups is 1. The van der Waals surface area contributed by atoms with Crippen molar-refractivity contribution in [3.63, 3.8) is 0 Å². The Kier molecular flexibility index (Phi) is 9.27. The highest BCUT2D eigenvalue weighted by Crippen LogP contribution is 2.45. The summed E-state index contributed by atoms with van der Waals surface area (Å²) in [6.45, 7) is 9.31. The largest absolute Gasteiger partial charge is 0.534 e. The summed E-state index contributed by atoms with van der Waals surface area (Å²) in [5.41, 5.74) is -9.77. The molecule has 3 saturated heterocycles. The molecule has 0 aromatic carbocycles. The Morgan fingerprint density at radius 3 is 2.15 bits per heavy atom. The van der Waals surface area contributed by atoms with E-state index in [1.807, 2.05) is 0 Å². The zero-order chi connectivity index (χ0) is 35.4. The molecule has 1 aromatic heterocycles. The van der Waals surface area contributed by atoms with Gasteiger partial charge in [0, 0.05) is 77.3 Å². The number of carbonyl (C=O) groups excluding carboxylic acids is 1. The molecule has 12 nitrogen and oxygen atoms in total. The smallest absolute Gasteiger partial charge is 0.444 e. The van der Waals surface area contributed by atoms with Gasteiger partial charge in [0.2, 0.25) is 0 Å². The average Bonchev–Trinajstić information content (AvgIpc) is 3.23. The van der Waals surface area contributed by atoms with E-state index in [0.717, 1.165) is 6.08 Å². The first kappa shape index (κ1) is 35.8. The van der Waals surface area contributed by atoms with Crippen molar-refractivity contribution >= 4 is 27.7 Å². The van der Waals surface area contributed by atoms with Gasteiger partial charge in [-0.15, -0.1) is 0 Å². The van der Waals surface area contributed by atoms with Gasteiger partial charge in [0.1, 0.15) is 28.7 Å². The van der Waals surface area contributed by atoms with Crippen LogP contribution >= 0.6 is 0 Å². The van der Waals surface area contributed by atoms with E-state index >= 15 is 0 Å². The summed E-state index contributed by atoms with van der Waals surface area (Å²) in [4.78, 5) is 23.1. The molecular weight excluding hydrogens is 674 g/mol. The molecule has 1 spiro atoms. The van der Waals surface area contributed by atoms with E-state index in [0.29, 0.717) is 39.3 Å². The molecule has 266 valence electrons. The normalized spacial score (nSPS) is 22.7. The van der Waals surface area contributed by atoms with Gasteiger partial charge in [-0.1, -0.05) is 0 Å². The minimum atomic E-state index is -5.97. The van der Waals surface area contributed by atoms with Crippen molar-refractivity contribution in [2.75, 3.05) is 62.2 Å². The first-order valence-electron chi connectivity index (χ1n) is 15.3. The van der Waals surface area contributed by atoms with E-state index in [4.69, 9.17) is 9.47 Å². The van der Waals surface area contributed by atoms with Crippen LogP contribution in [0.1, 0.15) is 51.8 Å². The number of hydrogen-bond acceptors (Lipinski definition) is 11. The Balaban J connectivity index is 1.30. The highest BCUT2D eigenvalue weighted by molar-refractivity contribution is 7.87. The molecule has 1 unspecified atom stereocenters. The molecule has 0 bridgehead atoms. The molecule has 4 aliphatic heterocycles. The molecule has 0 N–H and O–H groups in total. The fraction of sp³-hybridized carbons (Fsp3) is 0.690. The highest BCUT2D eigenvalue weighted by atomic mass is 32.2. The molecule has 0 radical (unpaired) electrons. The van der Waals surface area contributed by atoms with Gasteiger partial charge in [-0.2, -0.15) is 40.0 Å². The summed E-state index contributed by atoms with van der Waals surface area (Å²) in [5, 5.41) is 9.80. The fourth-order valence-corrected chi connectivity index (χ4v) is 6.81. The Bertz CT molecular complexity index is 1580. The quantitative estimate of drug-likeness (QED) is 0.248. The van der Waals surface area contributed by atoms with Crippen molar-refractivity contribution in [1.82, 2.24) is 14.8 Å². The summed E-state index contributed by atoms with van der Waals surface area (Å²) >= 11 is 0. The number of aromatic nitrogens is 1. The molecule has 19 heteroatoms. The summed E-state index contributed by atoms with van der Waals surface area (Å²) in [7, 11) is -5.97. The van der Waals surface area contributed by atoms with E-state index in [1.54, 1.807) is 36.6 Å². The number of anilines is 2. The number of rotatable bonds is 5. The predicted octanol–water partition coefficient (Wildman–Crippen LogP) is 4.22. The van der Waals surface area contributed by atoms with Crippen LogP contribution < -0.4 is 9.80 Å². The van der Waals surface area contributed by atoms with Crippen LogP contribution in [0, 0.1) is 11.3 Å². The number of pyridine rings is 1. The number of alkyl halides is 6. The Labute approximate surface area is 273 Å². The molecule has 1 aromatic rings. The van der Waals surface area contributed by atoms with Crippen LogP contribution in [0.2, 0.25) is 0 Å². The van der Waals surface area contributed by atoms with Crippen molar-refractivity contribution < 1.29 is 53.2 Å². The molecule has 5 rings (SSSR count). The van der Waals surface area contributed by atoms with E-state index in [2.05, 4.69) is 14.1 Å². The van der Waals surface area contributed by atoms with Gasteiger partial charge in [0.15, 0.2) is 11.5 Å².